The lowest BCUT2D eigenvalue weighted by molar-refractivity contribution is 0.107. The Hall–Kier alpha value is -1.64. The number of hydrogen-bond acceptors (Lipinski definition) is 3. The first-order valence-electron chi connectivity index (χ1n) is 10.5. The molecule has 3 rings (SSSR count). The summed E-state index contributed by atoms with van der Waals surface area (Å²) in [5.74, 6) is 1.54. The van der Waals surface area contributed by atoms with Gasteiger partial charge in [0.25, 0.3) is 0 Å². The molecule has 164 valence electrons. The molecule has 0 aromatic heterocycles. The van der Waals surface area contributed by atoms with E-state index in [9.17, 15) is 0 Å². The predicted molar refractivity (Wildman–Crippen MR) is 133 cm³/mol. The van der Waals surface area contributed by atoms with E-state index in [0.717, 1.165) is 38.7 Å². The van der Waals surface area contributed by atoms with Crippen LogP contribution < -0.4 is 5.32 Å². The van der Waals surface area contributed by atoms with E-state index >= 15 is 0 Å². The first-order chi connectivity index (χ1) is 14.2. The highest BCUT2D eigenvalue weighted by Gasteiger charge is 2.19. The number of ether oxygens (including phenoxy) is 2. The molecular formula is C24H34IN3O2. The largest absolute Gasteiger partial charge is 0.381 e. The van der Waals surface area contributed by atoms with Gasteiger partial charge >= 0.3 is 0 Å². The van der Waals surface area contributed by atoms with Crippen molar-refractivity contribution in [2.75, 3.05) is 33.4 Å². The van der Waals surface area contributed by atoms with E-state index in [1.165, 1.54) is 16.7 Å². The highest BCUT2D eigenvalue weighted by atomic mass is 127. The van der Waals surface area contributed by atoms with E-state index in [-0.39, 0.29) is 24.0 Å². The minimum atomic E-state index is 0. The van der Waals surface area contributed by atoms with Gasteiger partial charge in [-0.1, -0.05) is 54.6 Å². The van der Waals surface area contributed by atoms with Crippen molar-refractivity contribution in [1.29, 1.82) is 0 Å². The normalized spacial score (nSPS) is 16.2. The summed E-state index contributed by atoms with van der Waals surface area (Å²) >= 11 is 0. The van der Waals surface area contributed by atoms with Crippen LogP contribution in [0.2, 0.25) is 0 Å². The fraction of sp³-hybridized carbons (Fsp3) is 0.458. The summed E-state index contributed by atoms with van der Waals surface area (Å²) < 4.78 is 11.4. The Labute approximate surface area is 197 Å². The van der Waals surface area contributed by atoms with Crippen molar-refractivity contribution in [3.05, 3.63) is 71.3 Å². The first kappa shape index (κ1) is 24.6. The third kappa shape index (κ3) is 8.24. The molecule has 0 amide bonds. The molecule has 0 spiro atoms. The molecule has 1 saturated heterocycles. The molecular weight excluding hydrogens is 489 g/mol. The van der Waals surface area contributed by atoms with Gasteiger partial charge in [0.1, 0.15) is 0 Å². The van der Waals surface area contributed by atoms with Gasteiger partial charge in [0.05, 0.1) is 26.4 Å². The van der Waals surface area contributed by atoms with Crippen LogP contribution in [0, 0.1) is 5.92 Å². The van der Waals surface area contributed by atoms with Crippen LogP contribution in [0.15, 0.2) is 59.6 Å². The molecule has 0 saturated carbocycles. The van der Waals surface area contributed by atoms with Gasteiger partial charge in [-0.3, -0.25) is 0 Å². The van der Waals surface area contributed by atoms with E-state index in [2.05, 4.69) is 60.6 Å². The lowest BCUT2D eigenvalue weighted by Crippen LogP contribution is -2.41. The van der Waals surface area contributed by atoms with Crippen molar-refractivity contribution < 1.29 is 9.47 Å². The summed E-state index contributed by atoms with van der Waals surface area (Å²) in [6.45, 7) is 7.56. The Balaban J connectivity index is 0.00000320. The Morgan fingerprint density at radius 3 is 2.57 bits per heavy atom. The number of benzene rings is 2. The van der Waals surface area contributed by atoms with E-state index in [1.54, 1.807) is 0 Å². The summed E-state index contributed by atoms with van der Waals surface area (Å²) in [6.07, 6.45) is 1.13. The Morgan fingerprint density at radius 1 is 1.10 bits per heavy atom. The Morgan fingerprint density at radius 2 is 1.83 bits per heavy atom. The summed E-state index contributed by atoms with van der Waals surface area (Å²) in [4.78, 5) is 7.06. The molecule has 2 aromatic carbocycles. The zero-order chi connectivity index (χ0) is 20.3. The summed E-state index contributed by atoms with van der Waals surface area (Å²) in [6, 6.07) is 18.8. The molecule has 1 atom stereocenters. The van der Waals surface area contributed by atoms with E-state index in [0.29, 0.717) is 25.7 Å². The topological polar surface area (TPSA) is 46.1 Å². The molecule has 0 bridgehead atoms. The van der Waals surface area contributed by atoms with Gasteiger partial charge in [-0.15, -0.1) is 24.0 Å². The van der Waals surface area contributed by atoms with Crippen molar-refractivity contribution in [2.45, 2.75) is 33.1 Å². The maximum Gasteiger partial charge on any atom is 0.193 e. The number of hydrogen-bond donors (Lipinski definition) is 1. The lowest BCUT2D eigenvalue weighted by atomic mass is 10.1. The van der Waals surface area contributed by atoms with Gasteiger partial charge in [-0.25, -0.2) is 4.99 Å². The predicted octanol–water partition coefficient (Wildman–Crippen LogP) is 4.46. The molecule has 1 fully saturated rings. The van der Waals surface area contributed by atoms with Gasteiger partial charge < -0.3 is 19.7 Å². The molecule has 30 heavy (non-hydrogen) atoms. The second-order valence-electron chi connectivity index (χ2n) is 7.58. The monoisotopic (exact) mass is 523 g/mol. The van der Waals surface area contributed by atoms with Crippen LogP contribution >= 0.6 is 24.0 Å². The minimum absolute atomic E-state index is 0. The summed E-state index contributed by atoms with van der Waals surface area (Å²) in [5.41, 5.74) is 3.56. The van der Waals surface area contributed by atoms with E-state index in [1.807, 2.05) is 18.2 Å². The maximum absolute atomic E-state index is 5.87. The van der Waals surface area contributed by atoms with E-state index < -0.39 is 0 Å². The maximum atomic E-state index is 5.87. The van der Waals surface area contributed by atoms with Crippen molar-refractivity contribution in [2.24, 2.45) is 10.9 Å². The average molecular weight is 523 g/mol. The zero-order valence-electron chi connectivity index (χ0n) is 18.0. The fourth-order valence-electron chi connectivity index (χ4n) is 3.52. The molecule has 1 unspecified atom stereocenters. The zero-order valence-corrected chi connectivity index (χ0v) is 20.4. The first-order valence-corrected chi connectivity index (χ1v) is 10.5. The third-order valence-corrected chi connectivity index (χ3v) is 5.04. The molecule has 2 aromatic rings. The molecule has 1 N–H and O–H groups in total. The Bertz CT molecular complexity index is 764. The molecule has 5 nitrogen and oxygen atoms in total. The van der Waals surface area contributed by atoms with Crippen molar-refractivity contribution in [3.63, 3.8) is 0 Å². The standard InChI is InChI=1S/C24H33N3O2.HI/c1-3-25-24(27(2)16-23-12-13-28-19-23)26-15-21-10-7-11-22(14-21)18-29-17-20-8-5-4-6-9-20;/h4-11,14,23H,3,12-13,15-19H2,1-2H3,(H,25,26);1H. The second kappa shape index (κ2) is 13.6. The molecule has 6 heteroatoms. The number of aliphatic imine (C=N–C) groups is 1. The van der Waals surface area contributed by atoms with Crippen molar-refractivity contribution in [3.8, 4) is 0 Å². The quantitative estimate of drug-likeness (QED) is 0.300. The number of rotatable bonds is 9. The molecule has 0 radical (unpaired) electrons. The van der Waals surface area contributed by atoms with Crippen molar-refractivity contribution >= 4 is 29.9 Å². The lowest BCUT2D eigenvalue weighted by Gasteiger charge is -2.24. The van der Waals surface area contributed by atoms with Crippen LogP contribution in [0.4, 0.5) is 0 Å². The van der Waals surface area contributed by atoms with Gasteiger partial charge in [-0.2, -0.15) is 0 Å². The highest BCUT2D eigenvalue weighted by molar-refractivity contribution is 14.0. The molecule has 1 aliphatic heterocycles. The molecule has 1 aliphatic rings. The van der Waals surface area contributed by atoms with Crippen LogP contribution in [-0.2, 0) is 29.2 Å². The second-order valence-corrected chi connectivity index (χ2v) is 7.58. The Kier molecular flexibility index (Phi) is 11.2. The number of nitrogens with one attached hydrogen (secondary N) is 1. The summed E-state index contributed by atoms with van der Waals surface area (Å²) in [5, 5.41) is 3.40. The average Bonchev–Trinajstić information content (AvgIpc) is 3.25. The van der Waals surface area contributed by atoms with Crippen LogP contribution in [0.3, 0.4) is 0 Å². The van der Waals surface area contributed by atoms with Gasteiger partial charge in [0, 0.05) is 32.7 Å². The van der Waals surface area contributed by atoms with Crippen LogP contribution in [0.25, 0.3) is 0 Å². The SMILES string of the molecule is CCNC(=NCc1cccc(COCc2ccccc2)c1)N(C)CC1CCOC1.I. The van der Waals surface area contributed by atoms with E-state index in [4.69, 9.17) is 14.5 Å². The molecule has 0 aliphatic carbocycles. The fourth-order valence-corrected chi connectivity index (χ4v) is 3.52. The smallest absolute Gasteiger partial charge is 0.193 e. The number of guanidine groups is 1. The van der Waals surface area contributed by atoms with Crippen LogP contribution in [-0.4, -0.2) is 44.2 Å². The van der Waals surface area contributed by atoms with Crippen LogP contribution in [0.5, 0.6) is 0 Å². The highest BCUT2D eigenvalue weighted by Crippen LogP contribution is 2.14. The molecule has 1 heterocycles. The number of halogens is 1. The van der Waals surface area contributed by atoms with Crippen LogP contribution in [0.1, 0.15) is 30.0 Å². The summed E-state index contributed by atoms with van der Waals surface area (Å²) in [7, 11) is 2.10. The van der Waals surface area contributed by atoms with Gasteiger partial charge in [-0.05, 0) is 30.0 Å². The van der Waals surface area contributed by atoms with Gasteiger partial charge in [0.2, 0.25) is 0 Å². The van der Waals surface area contributed by atoms with Gasteiger partial charge in [0.15, 0.2) is 5.96 Å². The van der Waals surface area contributed by atoms with Crippen molar-refractivity contribution in [1.82, 2.24) is 10.2 Å². The third-order valence-electron chi connectivity index (χ3n) is 5.04. The number of nitrogens with zero attached hydrogens (tertiary/aromatic N) is 2. The minimum Gasteiger partial charge on any atom is -0.381 e.